The predicted octanol–water partition coefficient (Wildman–Crippen LogP) is 0.371. The van der Waals surface area contributed by atoms with Gasteiger partial charge in [0.2, 0.25) is 0 Å². The Morgan fingerprint density at radius 3 is 2.40 bits per heavy atom. The molecule has 0 aliphatic heterocycles. The molecule has 2 N–H and O–H groups in total. The topological polar surface area (TPSA) is 55.6 Å². The number of hydrogen-bond acceptors (Lipinski definition) is 4. The summed E-state index contributed by atoms with van der Waals surface area (Å²) < 4.78 is 41.7. The van der Waals surface area contributed by atoms with E-state index in [-0.39, 0.29) is 13.0 Å². The van der Waals surface area contributed by atoms with Crippen LogP contribution in [0, 0.1) is 0 Å². The largest absolute Gasteiger partial charge is 0.468 e. The predicted molar refractivity (Wildman–Crippen MR) is 48.2 cm³/mol. The highest BCUT2D eigenvalue weighted by atomic mass is 19.4. The number of carbonyl (C=O) groups excluding carboxylic acids is 1. The van der Waals surface area contributed by atoms with Gasteiger partial charge in [-0.25, -0.2) is 0 Å². The summed E-state index contributed by atoms with van der Waals surface area (Å²) in [5, 5.41) is 0. The first-order chi connectivity index (χ1) is 6.82. The maximum atomic E-state index is 12.5. The zero-order chi connectivity index (χ0) is 12.1. The summed E-state index contributed by atoms with van der Waals surface area (Å²) >= 11 is 0. The molecule has 0 aliphatic rings. The third kappa shape index (κ3) is 4.98. The number of rotatable bonds is 5. The van der Waals surface area contributed by atoms with Gasteiger partial charge in [0.05, 0.1) is 13.7 Å². The van der Waals surface area contributed by atoms with E-state index in [1.54, 1.807) is 0 Å². The van der Waals surface area contributed by atoms with Gasteiger partial charge >= 0.3 is 12.1 Å². The summed E-state index contributed by atoms with van der Waals surface area (Å²) in [6.07, 6.45) is -4.63. The average Bonchev–Trinajstić information content (AvgIpc) is 2.11. The number of nitrogens with two attached hydrogens (primary N) is 1. The van der Waals surface area contributed by atoms with Crippen molar-refractivity contribution >= 4 is 5.97 Å². The lowest BCUT2D eigenvalue weighted by Crippen LogP contribution is -2.46. The number of methoxy groups -OCH3 is 1. The Labute approximate surface area is 86.2 Å². The molecule has 1 unspecified atom stereocenters. The molecule has 0 amide bonds. The fourth-order valence-electron chi connectivity index (χ4n) is 1.17. The SMILES string of the molecule is COC(=O)CN(C)C(CCN)C(F)(F)F. The minimum absolute atomic E-state index is 0.0876. The smallest absolute Gasteiger partial charge is 0.404 e. The number of halogens is 3. The minimum Gasteiger partial charge on any atom is -0.468 e. The van der Waals surface area contributed by atoms with Gasteiger partial charge in [-0.05, 0) is 20.0 Å². The molecule has 1 atom stereocenters. The molecule has 0 saturated carbocycles. The molecule has 0 fully saturated rings. The summed E-state index contributed by atoms with van der Waals surface area (Å²) in [6.45, 7) is -0.490. The highest BCUT2D eigenvalue weighted by Gasteiger charge is 2.42. The molecule has 90 valence electrons. The molecule has 0 radical (unpaired) electrons. The normalized spacial score (nSPS) is 14.1. The molecule has 7 heteroatoms. The standard InChI is InChI=1S/C8H15F3N2O2/c1-13(5-7(14)15-2)6(3-4-12)8(9,10)11/h6H,3-5,12H2,1-2H3. The van der Waals surface area contributed by atoms with E-state index in [4.69, 9.17) is 5.73 Å². The van der Waals surface area contributed by atoms with Crippen LogP contribution in [0.4, 0.5) is 13.2 Å². The van der Waals surface area contributed by atoms with Crippen LogP contribution >= 0.6 is 0 Å². The molecule has 0 spiro atoms. The van der Waals surface area contributed by atoms with E-state index in [0.717, 1.165) is 12.0 Å². The Bertz CT molecular complexity index is 209. The van der Waals surface area contributed by atoms with Gasteiger partial charge in [-0.15, -0.1) is 0 Å². The Morgan fingerprint density at radius 1 is 1.53 bits per heavy atom. The van der Waals surface area contributed by atoms with E-state index in [2.05, 4.69) is 4.74 Å². The van der Waals surface area contributed by atoms with E-state index >= 15 is 0 Å². The quantitative estimate of drug-likeness (QED) is 0.691. The molecule has 0 aromatic heterocycles. The van der Waals surface area contributed by atoms with Crippen LogP contribution in [0.1, 0.15) is 6.42 Å². The molecule has 0 heterocycles. The average molecular weight is 228 g/mol. The van der Waals surface area contributed by atoms with Crippen molar-refractivity contribution < 1.29 is 22.7 Å². The van der Waals surface area contributed by atoms with Crippen molar-refractivity contribution in [2.45, 2.75) is 18.6 Å². The Kier molecular flexibility index (Phi) is 5.59. The number of nitrogens with zero attached hydrogens (tertiary/aromatic N) is 1. The summed E-state index contributed by atoms with van der Waals surface area (Å²) in [6, 6.07) is -1.71. The van der Waals surface area contributed by atoms with Crippen molar-refractivity contribution in [2.75, 3.05) is 27.2 Å². The van der Waals surface area contributed by atoms with Crippen LogP contribution in [0.25, 0.3) is 0 Å². The fourth-order valence-corrected chi connectivity index (χ4v) is 1.17. The van der Waals surface area contributed by atoms with Crippen LogP contribution in [-0.2, 0) is 9.53 Å². The lowest BCUT2D eigenvalue weighted by Gasteiger charge is -2.28. The lowest BCUT2D eigenvalue weighted by molar-refractivity contribution is -0.184. The molecule has 15 heavy (non-hydrogen) atoms. The maximum absolute atomic E-state index is 12.5. The Morgan fingerprint density at radius 2 is 2.07 bits per heavy atom. The second-order valence-electron chi connectivity index (χ2n) is 3.13. The van der Waals surface area contributed by atoms with Gasteiger partial charge in [-0.1, -0.05) is 0 Å². The second-order valence-corrected chi connectivity index (χ2v) is 3.13. The first-order valence-electron chi connectivity index (χ1n) is 4.36. The van der Waals surface area contributed by atoms with Gasteiger partial charge in [0.15, 0.2) is 0 Å². The van der Waals surface area contributed by atoms with E-state index < -0.39 is 24.7 Å². The molecule has 0 bridgehead atoms. The summed E-state index contributed by atoms with van der Waals surface area (Å²) in [7, 11) is 2.34. The molecule has 0 aliphatic carbocycles. The minimum atomic E-state index is -4.39. The van der Waals surface area contributed by atoms with E-state index in [1.807, 2.05) is 0 Å². The van der Waals surface area contributed by atoms with Crippen molar-refractivity contribution in [3.05, 3.63) is 0 Å². The van der Waals surface area contributed by atoms with Crippen LogP contribution in [0.3, 0.4) is 0 Å². The van der Waals surface area contributed by atoms with Crippen molar-refractivity contribution in [2.24, 2.45) is 5.73 Å². The van der Waals surface area contributed by atoms with Gasteiger partial charge in [-0.2, -0.15) is 13.2 Å². The maximum Gasteiger partial charge on any atom is 0.404 e. The molecule has 0 rings (SSSR count). The number of ether oxygens (including phenoxy) is 1. The van der Waals surface area contributed by atoms with Gasteiger partial charge in [-0.3, -0.25) is 9.69 Å². The van der Waals surface area contributed by atoms with Crippen LogP contribution in [0.5, 0.6) is 0 Å². The monoisotopic (exact) mass is 228 g/mol. The molecule has 4 nitrogen and oxygen atoms in total. The highest BCUT2D eigenvalue weighted by Crippen LogP contribution is 2.25. The summed E-state index contributed by atoms with van der Waals surface area (Å²) in [5.74, 6) is -0.705. The Balaban J connectivity index is 4.42. The van der Waals surface area contributed by atoms with E-state index in [0.29, 0.717) is 0 Å². The third-order valence-electron chi connectivity index (χ3n) is 1.96. The van der Waals surface area contributed by atoms with Crippen molar-refractivity contribution in [1.29, 1.82) is 0 Å². The number of likely N-dealkylation sites (N-methyl/N-ethyl adjacent to an activating group) is 1. The van der Waals surface area contributed by atoms with Crippen molar-refractivity contribution in [3.8, 4) is 0 Å². The Hall–Kier alpha value is -0.820. The van der Waals surface area contributed by atoms with Gasteiger partial charge in [0.25, 0.3) is 0 Å². The van der Waals surface area contributed by atoms with Crippen molar-refractivity contribution in [1.82, 2.24) is 4.90 Å². The third-order valence-corrected chi connectivity index (χ3v) is 1.96. The number of esters is 1. The highest BCUT2D eigenvalue weighted by molar-refractivity contribution is 5.71. The fraction of sp³-hybridized carbons (Fsp3) is 0.875. The second kappa shape index (κ2) is 5.92. The molecule has 0 saturated heterocycles. The number of hydrogen-bond donors (Lipinski definition) is 1. The van der Waals surface area contributed by atoms with Crippen LogP contribution < -0.4 is 5.73 Å². The van der Waals surface area contributed by atoms with Crippen LogP contribution in [0.15, 0.2) is 0 Å². The zero-order valence-electron chi connectivity index (χ0n) is 8.67. The summed E-state index contributed by atoms with van der Waals surface area (Å²) in [5.41, 5.74) is 5.08. The van der Waals surface area contributed by atoms with Crippen molar-refractivity contribution in [3.63, 3.8) is 0 Å². The van der Waals surface area contributed by atoms with Gasteiger partial charge < -0.3 is 10.5 Å². The zero-order valence-corrected chi connectivity index (χ0v) is 8.67. The summed E-state index contributed by atoms with van der Waals surface area (Å²) in [4.78, 5) is 11.7. The van der Waals surface area contributed by atoms with Crippen LogP contribution in [-0.4, -0.2) is 50.3 Å². The number of alkyl halides is 3. The van der Waals surface area contributed by atoms with Crippen LogP contribution in [0.2, 0.25) is 0 Å². The van der Waals surface area contributed by atoms with Gasteiger partial charge in [0, 0.05) is 0 Å². The van der Waals surface area contributed by atoms with Gasteiger partial charge in [0.1, 0.15) is 6.04 Å². The first-order valence-corrected chi connectivity index (χ1v) is 4.36. The number of carbonyl (C=O) groups is 1. The molecular weight excluding hydrogens is 213 g/mol. The first kappa shape index (κ1) is 14.2. The van der Waals surface area contributed by atoms with E-state index in [9.17, 15) is 18.0 Å². The molecule has 0 aromatic carbocycles. The molecule has 0 aromatic rings. The lowest BCUT2D eigenvalue weighted by atomic mass is 10.1. The van der Waals surface area contributed by atoms with E-state index in [1.165, 1.54) is 7.05 Å². The molecular formula is C8H15F3N2O2.